The first kappa shape index (κ1) is 73.0. The molecule has 0 aliphatic carbocycles. The Kier molecular flexibility index (Phi) is 56.7. The monoisotopic (exact) mass is 1060 g/mol. The number of ether oxygens (including phenoxy) is 4. The van der Waals surface area contributed by atoms with Gasteiger partial charge in [0.25, 0.3) is 6.29 Å². The minimum Gasteiger partial charge on any atom is -0.477 e. The van der Waals surface area contributed by atoms with Crippen LogP contribution in [0, 0.1) is 0 Å². The molecule has 0 aromatic carbocycles. The summed E-state index contributed by atoms with van der Waals surface area (Å²) in [5, 5.41) is 9.69. The standard InChI is InChI=1S/C66H127NO8/c1-6-8-10-12-14-16-18-19-20-21-22-23-24-25-26-27-28-29-30-31-32-33-34-35-36-37-38-39-40-41-42-43-44-45-47-49-51-53-55-57-64(69)75-62(61-74-66(65(70)71)72-59-58-67(3,4)5)60-73-63(68)56-54-52-50-48-46-17-15-13-11-9-7-2/h21-22,62,66H,6-20,23-61H2,1-5H3/p+1/b22-21-. The molecule has 0 saturated carbocycles. The van der Waals surface area contributed by atoms with E-state index in [9.17, 15) is 19.5 Å². The van der Waals surface area contributed by atoms with Gasteiger partial charge in [0.15, 0.2) is 6.10 Å². The molecule has 2 atom stereocenters. The van der Waals surface area contributed by atoms with Crippen LogP contribution in [0.15, 0.2) is 12.2 Å². The van der Waals surface area contributed by atoms with Gasteiger partial charge in [0, 0.05) is 12.8 Å². The van der Waals surface area contributed by atoms with Crippen molar-refractivity contribution in [3.8, 4) is 0 Å². The van der Waals surface area contributed by atoms with Crippen molar-refractivity contribution in [3.63, 3.8) is 0 Å². The van der Waals surface area contributed by atoms with Gasteiger partial charge in [-0.25, -0.2) is 4.79 Å². The summed E-state index contributed by atoms with van der Waals surface area (Å²) in [7, 11) is 5.98. The highest BCUT2D eigenvalue weighted by molar-refractivity contribution is 5.71. The molecule has 0 saturated heterocycles. The molecule has 1 N–H and O–H groups in total. The molecule has 0 aromatic rings. The number of unbranched alkanes of at least 4 members (excludes halogenated alkanes) is 45. The van der Waals surface area contributed by atoms with Gasteiger partial charge in [-0.3, -0.25) is 9.59 Å². The number of carboxylic acid groups (broad SMARTS) is 1. The molecule has 0 spiro atoms. The zero-order valence-corrected chi connectivity index (χ0v) is 50.7. The summed E-state index contributed by atoms with van der Waals surface area (Å²) >= 11 is 0. The second-order valence-corrected chi connectivity index (χ2v) is 23.8. The molecular formula is C66H128NO8+. The molecule has 0 radical (unpaired) electrons. The van der Waals surface area contributed by atoms with Gasteiger partial charge in [0.2, 0.25) is 0 Å². The van der Waals surface area contributed by atoms with E-state index in [1.807, 2.05) is 21.1 Å². The van der Waals surface area contributed by atoms with E-state index >= 15 is 0 Å². The quantitative estimate of drug-likeness (QED) is 0.0211. The molecule has 444 valence electrons. The number of quaternary nitrogens is 1. The zero-order chi connectivity index (χ0) is 54.8. The lowest BCUT2D eigenvalue weighted by molar-refractivity contribution is -0.870. The number of aliphatic carboxylic acids is 1. The summed E-state index contributed by atoms with van der Waals surface area (Å²) in [4.78, 5) is 37.3. The third kappa shape index (κ3) is 59.5. The van der Waals surface area contributed by atoms with Gasteiger partial charge in [0.05, 0.1) is 34.4 Å². The summed E-state index contributed by atoms with van der Waals surface area (Å²) in [6.45, 7) is 4.92. The van der Waals surface area contributed by atoms with Crippen LogP contribution in [0.5, 0.6) is 0 Å². The van der Waals surface area contributed by atoms with Crippen LogP contribution in [0.4, 0.5) is 0 Å². The molecule has 0 amide bonds. The molecule has 0 aliphatic heterocycles. The van der Waals surface area contributed by atoms with E-state index in [4.69, 9.17) is 18.9 Å². The lowest BCUT2D eigenvalue weighted by Crippen LogP contribution is -2.40. The first-order valence-corrected chi connectivity index (χ1v) is 32.9. The second-order valence-electron chi connectivity index (χ2n) is 23.8. The largest absolute Gasteiger partial charge is 0.477 e. The van der Waals surface area contributed by atoms with Gasteiger partial charge >= 0.3 is 17.9 Å². The molecule has 9 heteroatoms. The minimum atomic E-state index is -1.50. The fraction of sp³-hybridized carbons (Fsp3) is 0.924. The Labute approximate surface area is 465 Å². The average molecular weight is 1060 g/mol. The van der Waals surface area contributed by atoms with Gasteiger partial charge in [-0.1, -0.05) is 296 Å². The Bertz CT molecular complexity index is 1240. The molecule has 0 heterocycles. The molecule has 0 fully saturated rings. The summed E-state index contributed by atoms with van der Waals surface area (Å²) in [5.41, 5.74) is 0. The Morgan fingerprint density at radius 1 is 0.387 bits per heavy atom. The van der Waals surface area contributed by atoms with Crippen LogP contribution in [0.2, 0.25) is 0 Å². The van der Waals surface area contributed by atoms with Crippen LogP contribution < -0.4 is 0 Å². The van der Waals surface area contributed by atoms with Crippen molar-refractivity contribution in [2.75, 3.05) is 47.5 Å². The number of allylic oxidation sites excluding steroid dienone is 2. The van der Waals surface area contributed by atoms with Gasteiger partial charge < -0.3 is 28.5 Å². The Morgan fingerprint density at radius 2 is 0.680 bits per heavy atom. The Morgan fingerprint density at radius 3 is 0.987 bits per heavy atom. The minimum absolute atomic E-state index is 0.174. The maximum absolute atomic E-state index is 12.9. The third-order valence-electron chi connectivity index (χ3n) is 15.0. The van der Waals surface area contributed by atoms with Crippen LogP contribution >= 0.6 is 0 Å². The molecule has 2 unspecified atom stereocenters. The number of carbonyl (C=O) groups is 3. The first-order chi connectivity index (χ1) is 36.6. The average Bonchev–Trinajstić information content (AvgIpc) is 3.38. The number of hydrogen-bond acceptors (Lipinski definition) is 7. The normalized spacial score (nSPS) is 12.7. The van der Waals surface area contributed by atoms with Crippen LogP contribution in [0.25, 0.3) is 0 Å². The number of rotatable bonds is 62. The SMILES string of the molecule is CCCCCCCCCC/C=C\CCCCCCCCCCCCCCCCCCCCCCCCCCCCCC(=O)OC(COC(=O)CCCCCCCCCCCCC)COC(OCC[N+](C)(C)C)C(=O)O. The predicted molar refractivity (Wildman–Crippen MR) is 318 cm³/mol. The van der Waals surface area contributed by atoms with Gasteiger partial charge in [-0.15, -0.1) is 0 Å². The van der Waals surface area contributed by atoms with Crippen molar-refractivity contribution in [2.45, 2.75) is 347 Å². The predicted octanol–water partition coefficient (Wildman–Crippen LogP) is 19.7. The number of carbonyl (C=O) groups excluding carboxylic acids is 2. The van der Waals surface area contributed by atoms with Crippen LogP contribution in [0.1, 0.15) is 335 Å². The second kappa shape index (κ2) is 58.2. The van der Waals surface area contributed by atoms with Crippen molar-refractivity contribution < 1.29 is 42.9 Å². The van der Waals surface area contributed by atoms with Crippen LogP contribution in [-0.2, 0) is 33.3 Å². The Hall–Kier alpha value is -1.97. The first-order valence-electron chi connectivity index (χ1n) is 32.9. The van der Waals surface area contributed by atoms with Crippen molar-refractivity contribution >= 4 is 17.9 Å². The molecule has 9 nitrogen and oxygen atoms in total. The third-order valence-corrected chi connectivity index (χ3v) is 15.0. The Balaban J connectivity index is 3.86. The smallest absolute Gasteiger partial charge is 0.361 e. The van der Waals surface area contributed by atoms with E-state index in [1.165, 1.54) is 270 Å². The fourth-order valence-electron chi connectivity index (χ4n) is 9.95. The van der Waals surface area contributed by atoms with E-state index in [2.05, 4.69) is 26.0 Å². The van der Waals surface area contributed by atoms with Crippen molar-refractivity contribution in [2.24, 2.45) is 0 Å². The topological polar surface area (TPSA) is 108 Å². The molecular weight excluding hydrogens is 935 g/mol. The molecule has 0 aromatic heterocycles. The summed E-state index contributed by atoms with van der Waals surface area (Å²) in [5.74, 6) is -1.98. The molecule has 75 heavy (non-hydrogen) atoms. The summed E-state index contributed by atoms with van der Waals surface area (Å²) < 4.78 is 22.9. The number of likely N-dealkylation sites (N-methyl/N-ethyl adjacent to an activating group) is 1. The fourth-order valence-corrected chi connectivity index (χ4v) is 9.95. The summed E-state index contributed by atoms with van der Waals surface area (Å²) in [6, 6.07) is 0. The van der Waals surface area contributed by atoms with E-state index in [-0.39, 0.29) is 38.2 Å². The van der Waals surface area contributed by atoms with Gasteiger partial charge in [0.1, 0.15) is 13.2 Å². The van der Waals surface area contributed by atoms with Gasteiger partial charge in [-0.2, -0.15) is 0 Å². The lowest BCUT2D eigenvalue weighted by atomic mass is 10.0. The van der Waals surface area contributed by atoms with E-state index in [0.717, 1.165) is 38.5 Å². The highest BCUT2D eigenvalue weighted by Crippen LogP contribution is 2.18. The van der Waals surface area contributed by atoms with Gasteiger partial charge in [-0.05, 0) is 38.5 Å². The number of hydrogen-bond donors (Lipinski definition) is 1. The molecule has 0 aliphatic rings. The van der Waals surface area contributed by atoms with Crippen molar-refractivity contribution in [1.82, 2.24) is 0 Å². The van der Waals surface area contributed by atoms with E-state index in [0.29, 0.717) is 17.4 Å². The van der Waals surface area contributed by atoms with E-state index < -0.39 is 18.4 Å². The van der Waals surface area contributed by atoms with Crippen LogP contribution in [0.3, 0.4) is 0 Å². The highest BCUT2D eigenvalue weighted by atomic mass is 16.7. The van der Waals surface area contributed by atoms with Crippen molar-refractivity contribution in [1.29, 1.82) is 0 Å². The molecule has 0 rings (SSSR count). The lowest BCUT2D eigenvalue weighted by Gasteiger charge is -2.25. The van der Waals surface area contributed by atoms with Crippen LogP contribution in [-0.4, -0.2) is 87.4 Å². The maximum atomic E-state index is 12.9. The highest BCUT2D eigenvalue weighted by Gasteiger charge is 2.25. The molecule has 0 bridgehead atoms. The summed E-state index contributed by atoms with van der Waals surface area (Å²) in [6.07, 6.45) is 66.4. The number of esters is 2. The number of nitrogens with zero attached hydrogens (tertiary/aromatic N) is 1. The number of carboxylic acids is 1. The maximum Gasteiger partial charge on any atom is 0.361 e. The van der Waals surface area contributed by atoms with E-state index in [1.54, 1.807) is 0 Å². The zero-order valence-electron chi connectivity index (χ0n) is 50.7. The van der Waals surface area contributed by atoms with Crippen molar-refractivity contribution in [3.05, 3.63) is 12.2 Å².